The Labute approximate surface area is 145 Å². The fourth-order valence-electron chi connectivity index (χ4n) is 3.12. The van der Waals surface area contributed by atoms with Crippen molar-refractivity contribution in [2.75, 3.05) is 14.2 Å². The summed E-state index contributed by atoms with van der Waals surface area (Å²) in [5.74, 6) is 0.283. The predicted octanol–water partition coefficient (Wildman–Crippen LogP) is 2.59. The Morgan fingerprint density at radius 2 is 2.12 bits per heavy atom. The summed E-state index contributed by atoms with van der Waals surface area (Å²) in [5, 5.41) is 4.92. The second kappa shape index (κ2) is 7.05. The molecule has 1 aliphatic heterocycles. The normalized spacial score (nSPS) is 20.2. The number of carbonyl (C=O) groups excluding carboxylic acids is 2. The fraction of sp³-hybridized carbons (Fsp3) is 0.333. The molecule has 2 atom stereocenters. The first-order chi connectivity index (χ1) is 11.6. The lowest BCUT2D eigenvalue weighted by molar-refractivity contribution is -0.128. The zero-order valence-corrected chi connectivity index (χ0v) is 14.5. The Balaban J connectivity index is 1.73. The molecule has 2 amide bonds. The van der Waals surface area contributed by atoms with Crippen molar-refractivity contribution >= 4 is 23.2 Å². The van der Waals surface area contributed by atoms with Crippen LogP contribution in [0.2, 0.25) is 0 Å². The van der Waals surface area contributed by atoms with Crippen LogP contribution >= 0.6 is 11.3 Å². The molecule has 0 saturated carbocycles. The van der Waals surface area contributed by atoms with Gasteiger partial charge in [-0.15, -0.1) is 11.3 Å². The molecular formula is C18H20N2O3S. The maximum atomic E-state index is 12.7. The Kier molecular flexibility index (Phi) is 4.85. The highest BCUT2D eigenvalue weighted by atomic mass is 32.1. The summed E-state index contributed by atoms with van der Waals surface area (Å²) in [6, 6.07) is 11.3. The summed E-state index contributed by atoms with van der Waals surface area (Å²) in [7, 11) is 3.37. The lowest BCUT2D eigenvalue weighted by Gasteiger charge is -2.23. The largest absolute Gasteiger partial charge is 0.496 e. The summed E-state index contributed by atoms with van der Waals surface area (Å²) in [6.45, 7) is 0.383. The Hall–Kier alpha value is -2.34. The van der Waals surface area contributed by atoms with Gasteiger partial charge >= 0.3 is 0 Å². The van der Waals surface area contributed by atoms with E-state index in [0.717, 1.165) is 16.2 Å². The Bertz CT molecular complexity index is 730. The van der Waals surface area contributed by atoms with E-state index in [1.165, 1.54) is 0 Å². The summed E-state index contributed by atoms with van der Waals surface area (Å²) < 4.78 is 5.31. The number of para-hydroxylation sites is 1. The number of rotatable bonds is 5. The van der Waals surface area contributed by atoms with E-state index in [0.29, 0.717) is 6.54 Å². The zero-order valence-electron chi connectivity index (χ0n) is 13.7. The van der Waals surface area contributed by atoms with Crippen LogP contribution in [0.15, 0.2) is 41.8 Å². The molecule has 3 rings (SSSR count). The highest BCUT2D eigenvalue weighted by Gasteiger charge is 2.43. The van der Waals surface area contributed by atoms with E-state index in [1.54, 1.807) is 30.4 Å². The monoisotopic (exact) mass is 344 g/mol. The van der Waals surface area contributed by atoms with Gasteiger partial charge in [-0.2, -0.15) is 0 Å². The third-order valence-electron chi connectivity index (χ3n) is 4.40. The van der Waals surface area contributed by atoms with Gasteiger partial charge < -0.3 is 15.0 Å². The first kappa shape index (κ1) is 16.5. The zero-order chi connectivity index (χ0) is 17.1. The summed E-state index contributed by atoms with van der Waals surface area (Å²) in [6.07, 6.45) is 0.247. The minimum atomic E-state index is -0.365. The Morgan fingerprint density at radius 3 is 2.83 bits per heavy atom. The van der Waals surface area contributed by atoms with Crippen molar-refractivity contribution in [2.24, 2.45) is 5.92 Å². The number of benzene rings is 1. The molecule has 5 nitrogen and oxygen atoms in total. The van der Waals surface area contributed by atoms with E-state index < -0.39 is 0 Å². The van der Waals surface area contributed by atoms with Gasteiger partial charge in [0, 0.05) is 30.5 Å². The van der Waals surface area contributed by atoms with E-state index >= 15 is 0 Å². The summed E-state index contributed by atoms with van der Waals surface area (Å²) in [4.78, 5) is 27.5. The number of nitrogens with zero attached hydrogens (tertiary/aromatic N) is 1. The smallest absolute Gasteiger partial charge is 0.226 e. The van der Waals surface area contributed by atoms with Crippen molar-refractivity contribution in [2.45, 2.75) is 19.0 Å². The second-order valence-electron chi connectivity index (χ2n) is 5.81. The molecule has 1 aromatic heterocycles. The third kappa shape index (κ3) is 3.14. The van der Waals surface area contributed by atoms with E-state index in [-0.39, 0.29) is 30.2 Å². The van der Waals surface area contributed by atoms with Crippen LogP contribution in [0.25, 0.3) is 0 Å². The van der Waals surface area contributed by atoms with Gasteiger partial charge in [0.05, 0.1) is 19.1 Å². The van der Waals surface area contributed by atoms with E-state index in [9.17, 15) is 9.59 Å². The van der Waals surface area contributed by atoms with Gasteiger partial charge in [0.2, 0.25) is 11.8 Å². The number of carbonyl (C=O) groups is 2. The van der Waals surface area contributed by atoms with E-state index in [4.69, 9.17) is 4.74 Å². The molecular weight excluding hydrogens is 324 g/mol. The molecule has 6 heteroatoms. The number of methoxy groups -OCH3 is 1. The predicted molar refractivity (Wildman–Crippen MR) is 92.8 cm³/mol. The Morgan fingerprint density at radius 1 is 1.33 bits per heavy atom. The van der Waals surface area contributed by atoms with Crippen LogP contribution < -0.4 is 10.1 Å². The molecule has 126 valence electrons. The maximum Gasteiger partial charge on any atom is 0.226 e. The van der Waals surface area contributed by atoms with Crippen LogP contribution in [0, 0.1) is 5.92 Å². The molecule has 0 radical (unpaired) electrons. The lowest BCUT2D eigenvalue weighted by atomic mass is 9.98. The number of nitrogens with one attached hydrogen (secondary N) is 1. The van der Waals surface area contributed by atoms with E-state index in [2.05, 4.69) is 5.32 Å². The van der Waals surface area contributed by atoms with E-state index in [1.807, 2.05) is 41.8 Å². The molecule has 1 N–H and O–H groups in total. The molecule has 0 unspecified atom stereocenters. The van der Waals surface area contributed by atoms with Crippen LogP contribution in [0.5, 0.6) is 5.75 Å². The molecule has 1 aliphatic rings. The first-order valence-corrected chi connectivity index (χ1v) is 8.68. The van der Waals surface area contributed by atoms with Crippen LogP contribution in [0.4, 0.5) is 0 Å². The molecule has 0 bridgehead atoms. The minimum absolute atomic E-state index is 0.00541. The summed E-state index contributed by atoms with van der Waals surface area (Å²) in [5.41, 5.74) is 0.915. The molecule has 1 aromatic carbocycles. The molecule has 2 heterocycles. The third-order valence-corrected chi connectivity index (χ3v) is 5.35. The maximum absolute atomic E-state index is 12.7. The highest BCUT2D eigenvalue weighted by Crippen LogP contribution is 2.39. The second-order valence-corrected chi connectivity index (χ2v) is 6.78. The lowest BCUT2D eigenvalue weighted by Crippen LogP contribution is -2.34. The van der Waals surface area contributed by atoms with Crippen LogP contribution in [0.3, 0.4) is 0 Å². The highest BCUT2D eigenvalue weighted by molar-refractivity contribution is 7.10. The average molecular weight is 344 g/mol. The number of amides is 2. The number of hydrogen-bond donors (Lipinski definition) is 1. The average Bonchev–Trinajstić information content (AvgIpc) is 3.21. The quantitative estimate of drug-likeness (QED) is 0.907. The van der Waals surface area contributed by atoms with Gasteiger partial charge in [0.25, 0.3) is 0 Å². The molecule has 0 spiro atoms. The van der Waals surface area contributed by atoms with Crippen LogP contribution in [0.1, 0.15) is 22.9 Å². The minimum Gasteiger partial charge on any atom is -0.496 e. The summed E-state index contributed by atoms with van der Waals surface area (Å²) >= 11 is 1.57. The molecule has 24 heavy (non-hydrogen) atoms. The van der Waals surface area contributed by atoms with Crippen molar-refractivity contribution in [1.29, 1.82) is 0 Å². The number of ether oxygens (including phenoxy) is 1. The fourth-order valence-corrected chi connectivity index (χ4v) is 4.05. The van der Waals surface area contributed by atoms with Crippen molar-refractivity contribution in [3.8, 4) is 5.75 Å². The van der Waals surface area contributed by atoms with Crippen molar-refractivity contribution in [3.63, 3.8) is 0 Å². The number of likely N-dealkylation sites (tertiary alicyclic amines) is 1. The van der Waals surface area contributed by atoms with Crippen molar-refractivity contribution < 1.29 is 14.3 Å². The SMILES string of the molecule is COc1ccccc1CNC(=O)[C@@H]1CC(=O)N(C)[C@@H]1c1cccs1. The van der Waals surface area contributed by atoms with Gasteiger partial charge in [-0.25, -0.2) is 0 Å². The van der Waals surface area contributed by atoms with Crippen molar-refractivity contribution in [1.82, 2.24) is 10.2 Å². The van der Waals surface area contributed by atoms with Gasteiger partial charge in [0.1, 0.15) is 5.75 Å². The van der Waals surface area contributed by atoms with Gasteiger partial charge in [-0.05, 0) is 17.5 Å². The van der Waals surface area contributed by atoms with Gasteiger partial charge in [-0.3, -0.25) is 9.59 Å². The molecule has 0 aliphatic carbocycles. The van der Waals surface area contributed by atoms with Crippen molar-refractivity contribution in [3.05, 3.63) is 52.2 Å². The topological polar surface area (TPSA) is 58.6 Å². The number of hydrogen-bond acceptors (Lipinski definition) is 4. The first-order valence-electron chi connectivity index (χ1n) is 7.80. The molecule has 2 aromatic rings. The molecule has 1 fully saturated rings. The van der Waals surface area contributed by atoms with Gasteiger partial charge in [0.15, 0.2) is 0 Å². The molecule has 1 saturated heterocycles. The van der Waals surface area contributed by atoms with Gasteiger partial charge in [-0.1, -0.05) is 24.3 Å². The standard InChI is InChI=1S/C18H20N2O3S/c1-20-16(21)10-13(17(20)15-8-5-9-24-15)18(22)19-11-12-6-3-4-7-14(12)23-2/h3-9,13,17H,10-11H2,1-2H3,(H,19,22)/t13-,17+/m1/s1. The van der Waals surface area contributed by atoms with Crippen LogP contribution in [-0.2, 0) is 16.1 Å². The number of thiophene rings is 1. The van der Waals surface area contributed by atoms with Crippen LogP contribution in [-0.4, -0.2) is 30.9 Å².